The zero-order chi connectivity index (χ0) is 21.7. The quantitative estimate of drug-likeness (QED) is 0.443. The molecule has 2 N–H and O–H groups in total. The number of hydrogen-bond acceptors (Lipinski definition) is 9. The van der Waals surface area contributed by atoms with Crippen molar-refractivity contribution in [2.75, 3.05) is 24.3 Å². The van der Waals surface area contributed by atoms with E-state index in [4.69, 9.17) is 9.47 Å². The molecule has 8 nitrogen and oxygen atoms in total. The van der Waals surface area contributed by atoms with E-state index in [1.165, 1.54) is 33.5 Å². The van der Waals surface area contributed by atoms with E-state index in [0.717, 1.165) is 39.7 Å². The fraction of sp³-hybridized carbons (Fsp3) is 0.333. The Hall–Kier alpha value is -2.63. The van der Waals surface area contributed by atoms with Gasteiger partial charge in [-0.1, -0.05) is 11.3 Å². The molecule has 2 aliphatic rings. The molecule has 4 aromatic rings. The first-order chi connectivity index (χ1) is 15.6. The molecule has 0 saturated carbocycles. The number of carbonyl (C=O) groups excluding carboxylic acids is 1. The van der Waals surface area contributed by atoms with Crippen molar-refractivity contribution in [3.05, 3.63) is 38.8 Å². The summed E-state index contributed by atoms with van der Waals surface area (Å²) in [5, 5.41) is 4.14. The maximum Gasteiger partial charge on any atom is 0.259 e. The van der Waals surface area contributed by atoms with Crippen LogP contribution in [0.4, 0.5) is 5.13 Å². The second-order valence-electron chi connectivity index (χ2n) is 7.57. The SMILES string of the molecule is O=C(CSCc1nc2sc3c(c2c(=O)[nH]1)CCC3)Nc1nc2cc3c(cc2s1)OCCO3. The molecule has 0 atom stereocenters. The monoisotopic (exact) mass is 486 g/mol. The van der Waals surface area contributed by atoms with Crippen LogP contribution in [0, 0.1) is 0 Å². The summed E-state index contributed by atoms with van der Waals surface area (Å²) < 4.78 is 12.1. The van der Waals surface area contributed by atoms with Gasteiger partial charge in [0.1, 0.15) is 23.9 Å². The minimum absolute atomic E-state index is 0.0698. The van der Waals surface area contributed by atoms with Gasteiger partial charge in [0.2, 0.25) is 5.91 Å². The third-order valence-corrected chi connectivity index (χ3v) is 8.46. The summed E-state index contributed by atoms with van der Waals surface area (Å²) in [4.78, 5) is 39.0. The minimum Gasteiger partial charge on any atom is -0.486 e. The highest BCUT2D eigenvalue weighted by molar-refractivity contribution is 7.99. The van der Waals surface area contributed by atoms with E-state index in [9.17, 15) is 9.59 Å². The molecule has 11 heteroatoms. The first-order valence-corrected chi connectivity index (χ1v) is 13.0. The van der Waals surface area contributed by atoms with E-state index in [1.54, 1.807) is 11.3 Å². The fourth-order valence-corrected chi connectivity index (χ4v) is 6.89. The maximum absolute atomic E-state index is 12.5. The molecule has 1 aromatic carbocycles. The van der Waals surface area contributed by atoms with Crippen molar-refractivity contribution in [3.8, 4) is 11.5 Å². The van der Waals surface area contributed by atoms with Gasteiger partial charge in [-0.05, 0) is 24.8 Å². The molecule has 1 amide bonds. The smallest absolute Gasteiger partial charge is 0.259 e. The lowest BCUT2D eigenvalue weighted by atomic mass is 10.2. The summed E-state index contributed by atoms with van der Waals surface area (Å²) in [7, 11) is 0. The molecule has 0 radical (unpaired) electrons. The molecule has 3 aromatic heterocycles. The number of nitrogens with one attached hydrogen (secondary N) is 2. The Bertz CT molecular complexity index is 1380. The van der Waals surface area contributed by atoms with Crippen molar-refractivity contribution in [2.24, 2.45) is 0 Å². The molecule has 1 aliphatic heterocycles. The third-order valence-electron chi connectivity index (χ3n) is 5.39. The van der Waals surface area contributed by atoms with Crippen molar-refractivity contribution < 1.29 is 14.3 Å². The van der Waals surface area contributed by atoms with Gasteiger partial charge in [0.15, 0.2) is 16.6 Å². The van der Waals surface area contributed by atoms with Gasteiger partial charge in [-0.15, -0.1) is 23.1 Å². The van der Waals surface area contributed by atoms with E-state index in [1.807, 2.05) is 12.1 Å². The van der Waals surface area contributed by atoms with Crippen molar-refractivity contribution in [1.29, 1.82) is 0 Å². The molecular formula is C21H18N4O4S3. The zero-order valence-electron chi connectivity index (χ0n) is 16.9. The van der Waals surface area contributed by atoms with Crippen LogP contribution in [0.1, 0.15) is 22.7 Å². The molecule has 0 fully saturated rings. The fourth-order valence-electron chi connectivity index (χ4n) is 4.03. The lowest BCUT2D eigenvalue weighted by Gasteiger charge is -2.17. The van der Waals surface area contributed by atoms with Gasteiger partial charge in [0, 0.05) is 17.0 Å². The van der Waals surface area contributed by atoms with Crippen LogP contribution in [0.3, 0.4) is 0 Å². The van der Waals surface area contributed by atoms with Gasteiger partial charge >= 0.3 is 0 Å². The number of H-pyrrole nitrogens is 1. The zero-order valence-corrected chi connectivity index (χ0v) is 19.3. The van der Waals surface area contributed by atoms with Gasteiger partial charge in [-0.25, -0.2) is 9.97 Å². The molecule has 0 bridgehead atoms. The second kappa shape index (κ2) is 8.05. The van der Waals surface area contributed by atoms with Gasteiger partial charge in [-0.3, -0.25) is 9.59 Å². The van der Waals surface area contributed by atoms with E-state index in [-0.39, 0.29) is 17.2 Å². The summed E-state index contributed by atoms with van der Waals surface area (Å²) in [5.74, 6) is 2.53. The predicted octanol–water partition coefficient (Wildman–Crippen LogP) is 3.73. The minimum atomic E-state index is -0.148. The van der Waals surface area contributed by atoms with Crippen LogP contribution >= 0.6 is 34.4 Å². The number of aromatic amines is 1. The average molecular weight is 487 g/mol. The second-order valence-corrected chi connectivity index (χ2v) is 10.7. The van der Waals surface area contributed by atoms with Crippen LogP contribution in [0.25, 0.3) is 20.4 Å². The molecule has 4 heterocycles. The normalized spacial score (nSPS) is 14.8. The molecule has 0 unspecified atom stereocenters. The van der Waals surface area contributed by atoms with Gasteiger partial charge < -0.3 is 19.8 Å². The number of benzene rings is 1. The largest absolute Gasteiger partial charge is 0.486 e. The van der Waals surface area contributed by atoms with E-state index < -0.39 is 0 Å². The summed E-state index contributed by atoms with van der Waals surface area (Å²) in [6.45, 7) is 1.05. The van der Waals surface area contributed by atoms with Gasteiger partial charge in [0.25, 0.3) is 5.56 Å². The van der Waals surface area contributed by atoms with Crippen molar-refractivity contribution in [1.82, 2.24) is 15.0 Å². The predicted molar refractivity (Wildman–Crippen MR) is 128 cm³/mol. The Labute approximate surface area is 194 Å². The number of aromatic nitrogens is 3. The third kappa shape index (κ3) is 3.63. The van der Waals surface area contributed by atoms with Gasteiger partial charge in [0.05, 0.1) is 27.1 Å². The average Bonchev–Trinajstić information content (AvgIpc) is 3.45. The number of thiazole rings is 1. The first kappa shape index (κ1) is 20.0. The number of aryl methyl sites for hydroxylation is 2. The Morgan fingerprint density at radius 3 is 2.88 bits per heavy atom. The number of anilines is 1. The lowest BCUT2D eigenvalue weighted by Crippen LogP contribution is -2.15. The standard InChI is InChI=1S/C21H18N4O4S3/c26-17(25-21-22-11-6-12-13(7-15(11)32-21)29-5-4-28-12)9-30-8-16-23-19(27)18-10-2-1-3-14(10)31-20(18)24-16/h6-7H,1-5,8-9H2,(H,22,25,26)(H,23,24,27). The topological polar surface area (TPSA) is 106 Å². The van der Waals surface area contributed by atoms with E-state index >= 15 is 0 Å². The molecule has 1 aliphatic carbocycles. The number of thiophene rings is 1. The molecule has 0 saturated heterocycles. The number of carbonyl (C=O) groups is 1. The molecular weight excluding hydrogens is 468 g/mol. The summed E-state index contributed by atoms with van der Waals surface area (Å²) >= 11 is 4.43. The number of amides is 1. The van der Waals surface area contributed by atoms with Crippen molar-refractivity contribution in [2.45, 2.75) is 25.0 Å². The highest BCUT2D eigenvalue weighted by atomic mass is 32.2. The summed E-state index contributed by atoms with van der Waals surface area (Å²) in [6.07, 6.45) is 3.11. The maximum atomic E-state index is 12.5. The van der Waals surface area contributed by atoms with Crippen LogP contribution in [-0.4, -0.2) is 39.8 Å². The van der Waals surface area contributed by atoms with Crippen LogP contribution < -0.4 is 20.3 Å². The number of thioether (sulfide) groups is 1. The number of hydrogen-bond donors (Lipinski definition) is 2. The Kier molecular flexibility index (Phi) is 5.04. The Morgan fingerprint density at radius 2 is 2.00 bits per heavy atom. The Morgan fingerprint density at radius 1 is 1.16 bits per heavy atom. The summed E-state index contributed by atoms with van der Waals surface area (Å²) in [5.41, 5.74) is 1.87. The number of ether oxygens (including phenoxy) is 2. The van der Waals surface area contributed by atoms with Crippen LogP contribution in [0.2, 0.25) is 0 Å². The van der Waals surface area contributed by atoms with Crippen molar-refractivity contribution in [3.63, 3.8) is 0 Å². The number of fused-ring (bicyclic) bond motifs is 5. The van der Waals surface area contributed by atoms with Crippen LogP contribution in [-0.2, 0) is 23.4 Å². The number of nitrogens with zero attached hydrogens (tertiary/aromatic N) is 2. The molecule has 0 spiro atoms. The highest BCUT2D eigenvalue weighted by Crippen LogP contribution is 2.38. The number of rotatable bonds is 5. The Balaban J connectivity index is 1.10. The van der Waals surface area contributed by atoms with Crippen molar-refractivity contribution >= 4 is 65.9 Å². The van der Waals surface area contributed by atoms with Crippen LogP contribution in [0.15, 0.2) is 16.9 Å². The van der Waals surface area contributed by atoms with E-state index in [0.29, 0.717) is 41.4 Å². The molecule has 6 rings (SSSR count). The first-order valence-electron chi connectivity index (χ1n) is 10.3. The van der Waals surface area contributed by atoms with E-state index in [2.05, 4.69) is 20.3 Å². The van der Waals surface area contributed by atoms with Crippen LogP contribution in [0.5, 0.6) is 11.5 Å². The molecule has 32 heavy (non-hydrogen) atoms. The van der Waals surface area contributed by atoms with Gasteiger partial charge in [-0.2, -0.15) is 0 Å². The highest BCUT2D eigenvalue weighted by Gasteiger charge is 2.21. The summed E-state index contributed by atoms with van der Waals surface area (Å²) in [6, 6.07) is 3.73. The lowest BCUT2D eigenvalue weighted by molar-refractivity contribution is -0.113. The molecule has 164 valence electrons.